The Balaban J connectivity index is 1.35. The van der Waals surface area contributed by atoms with Crippen molar-refractivity contribution in [2.45, 2.75) is 31.1 Å². The number of rotatable bonds is 10. The van der Waals surface area contributed by atoms with E-state index in [0.29, 0.717) is 37.4 Å². The number of ether oxygens (including phenoxy) is 3. The predicted octanol–water partition coefficient (Wildman–Crippen LogP) is 3.18. The van der Waals surface area contributed by atoms with Crippen LogP contribution in [0, 0.1) is 11.6 Å². The number of nitrogens with zero attached hydrogens (tertiary/aromatic N) is 4. The maximum atomic E-state index is 14.7. The largest absolute Gasteiger partial charge is 0.493 e. The third-order valence-corrected chi connectivity index (χ3v) is 6.44. The van der Waals surface area contributed by atoms with Crippen LogP contribution in [0.25, 0.3) is 6.08 Å². The van der Waals surface area contributed by atoms with E-state index in [-0.39, 0.29) is 24.8 Å². The minimum atomic E-state index is -1.68. The molecule has 4 rings (SSSR count). The molecule has 2 aromatic carbocycles. The number of piperidine rings is 1. The highest BCUT2D eigenvalue weighted by molar-refractivity contribution is 5.87. The summed E-state index contributed by atoms with van der Waals surface area (Å²) in [4.78, 5) is 18.2. The molecule has 1 unspecified atom stereocenters. The fourth-order valence-corrected chi connectivity index (χ4v) is 4.55. The van der Waals surface area contributed by atoms with Gasteiger partial charge in [-0.25, -0.2) is 23.2 Å². The lowest BCUT2D eigenvalue weighted by Gasteiger charge is -2.38. The molecule has 0 spiro atoms. The van der Waals surface area contributed by atoms with Gasteiger partial charge in [0.2, 0.25) is 0 Å². The molecular weight excluding hydrogens is 498 g/mol. The molecule has 1 N–H and O–H groups in total. The lowest BCUT2D eigenvalue weighted by atomic mass is 9.91. The van der Waals surface area contributed by atoms with Gasteiger partial charge in [-0.2, -0.15) is 5.10 Å². The summed E-state index contributed by atoms with van der Waals surface area (Å²) in [6.07, 6.45) is 6.54. The highest BCUT2D eigenvalue weighted by atomic mass is 19.1. The molecule has 0 radical (unpaired) electrons. The van der Waals surface area contributed by atoms with Gasteiger partial charge in [-0.15, -0.1) is 0 Å². The number of aliphatic hydroxyl groups is 1. The van der Waals surface area contributed by atoms with E-state index in [1.165, 1.54) is 36.6 Å². The molecule has 0 saturated carbocycles. The topological polar surface area (TPSA) is 98.9 Å². The second kappa shape index (κ2) is 12.1. The summed E-state index contributed by atoms with van der Waals surface area (Å²) in [5.41, 5.74) is -0.950. The molecule has 0 amide bonds. The maximum absolute atomic E-state index is 14.7. The van der Waals surface area contributed by atoms with Crippen molar-refractivity contribution in [2.24, 2.45) is 0 Å². The van der Waals surface area contributed by atoms with Crippen LogP contribution in [0.15, 0.2) is 55.1 Å². The molecule has 1 atom stereocenters. The van der Waals surface area contributed by atoms with Gasteiger partial charge >= 0.3 is 5.97 Å². The summed E-state index contributed by atoms with van der Waals surface area (Å²) in [6, 6.07) is 8.43. The maximum Gasteiger partial charge on any atom is 0.331 e. The van der Waals surface area contributed by atoms with Crippen LogP contribution >= 0.6 is 0 Å². The zero-order valence-electron chi connectivity index (χ0n) is 21.2. The zero-order chi connectivity index (χ0) is 27.1. The first-order chi connectivity index (χ1) is 18.3. The molecule has 1 aliphatic heterocycles. The monoisotopic (exact) mass is 528 g/mol. The molecule has 9 nitrogen and oxygen atoms in total. The number of carbonyl (C=O) groups excluding carboxylic acids is 1. The Bertz CT molecular complexity index is 1260. The van der Waals surface area contributed by atoms with Gasteiger partial charge in [0.05, 0.1) is 20.8 Å². The molecule has 1 saturated heterocycles. The fourth-order valence-electron chi connectivity index (χ4n) is 4.55. The van der Waals surface area contributed by atoms with E-state index in [0.717, 1.165) is 17.7 Å². The molecule has 1 aliphatic rings. The number of aromatic nitrogens is 3. The fraction of sp³-hybridized carbons (Fsp3) is 0.370. The smallest absolute Gasteiger partial charge is 0.331 e. The Morgan fingerprint density at radius 2 is 1.87 bits per heavy atom. The lowest BCUT2D eigenvalue weighted by molar-refractivity contribution is -0.145. The quantitative estimate of drug-likeness (QED) is 0.317. The van der Waals surface area contributed by atoms with Gasteiger partial charge in [-0.1, -0.05) is 12.1 Å². The molecular formula is C27H30F2N4O5. The minimum absolute atomic E-state index is 0.0248. The number of esters is 1. The molecule has 2 heterocycles. The van der Waals surface area contributed by atoms with E-state index in [4.69, 9.17) is 14.2 Å². The second-order valence-corrected chi connectivity index (χ2v) is 9.11. The summed E-state index contributed by atoms with van der Waals surface area (Å²) < 4.78 is 45.7. The van der Waals surface area contributed by atoms with E-state index in [2.05, 4.69) is 10.1 Å². The van der Waals surface area contributed by atoms with Crippen molar-refractivity contribution in [1.29, 1.82) is 0 Å². The van der Waals surface area contributed by atoms with Crippen LogP contribution in [-0.2, 0) is 21.7 Å². The number of carbonyl (C=O) groups is 1. The van der Waals surface area contributed by atoms with Crippen molar-refractivity contribution in [3.63, 3.8) is 0 Å². The number of hydrogen-bond donors (Lipinski definition) is 1. The van der Waals surface area contributed by atoms with Gasteiger partial charge in [0.1, 0.15) is 36.0 Å². The van der Waals surface area contributed by atoms with Crippen molar-refractivity contribution < 1.29 is 32.9 Å². The number of hydrogen-bond acceptors (Lipinski definition) is 8. The molecule has 1 aromatic heterocycles. The SMILES string of the molecule is COc1ccc(/C=C/C(=O)OC2CCN(CC(O)(Cn3cncn3)c3ccc(F)cc3F)CC2)cc1OC. The Kier molecular flexibility index (Phi) is 8.70. The van der Waals surface area contributed by atoms with Crippen LogP contribution in [-0.4, -0.2) is 70.7 Å². The summed E-state index contributed by atoms with van der Waals surface area (Å²) in [6.45, 7) is 1.04. The zero-order valence-corrected chi connectivity index (χ0v) is 21.2. The Morgan fingerprint density at radius 1 is 1.11 bits per heavy atom. The summed E-state index contributed by atoms with van der Waals surface area (Å²) >= 11 is 0. The first-order valence-corrected chi connectivity index (χ1v) is 12.1. The summed E-state index contributed by atoms with van der Waals surface area (Å²) in [7, 11) is 3.09. The van der Waals surface area contributed by atoms with Crippen LogP contribution in [0.2, 0.25) is 0 Å². The molecule has 0 bridgehead atoms. The minimum Gasteiger partial charge on any atom is -0.493 e. The van der Waals surface area contributed by atoms with Crippen LogP contribution in [0.4, 0.5) is 8.78 Å². The van der Waals surface area contributed by atoms with Gasteiger partial charge in [0.25, 0.3) is 0 Å². The average molecular weight is 529 g/mol. The van der Waals surface area contributed by atoms with Crippen molar-refractivity contribution in [3.8, 4) is 11.5 Å². The Hall–Kier alpha value is -3.83. The number of β-amino-alcohol motifs (C(OH)–C–C–N with tert-alkyl or cyclic N) is 1. The van der Waals surface area contributed by atoms with E-state index in [9.17, 15) is 18.7 Å². The average Bonchev–Trinajstić information content (AvgIpc) is 3.41. The van der Waals surface area contributed by atoms with Gasteiger partial charge in [0, 0.05) is 37.3 Å². The highest BCUT2D eigenvalue weighted by Gasteiger charge is 2.37. The normalized spacial score (nSPS) is 16.3. The second-order valence-electron chi connectivity index (χ2n) is 9.11. The lowest BCUT2D eigenvalue weighted by Crippen LogP contribution is -2.48. The highest BCUT2D eigenvalue weighted by Crippen LogP contribution is 2.30. The molecule has 11 heteroatoms. The third-order valence-electron chi connectivity index (χ3n) is 6.44. The predicted molar refractivity (Wildman–Crippen MR) is 134 cm³/mol. The summed E-state index contributed by atoms with van der Waals surface area (Å²) in [5.74, 6) is -0.877. The van der Waals surface area contributed by atoms with Crippen molar-refractivity contribution in [1.82, 2.24) is 19.7 Å². The van der Waals surface area contributed by atoms with Gasteiger partial charge < -0.3 is 19.3 Å². The number of benzene rings is 2. The summed E-state index contributed by atoms with van der Waals surface area (Å²) in [5, 5.41) is 15.6. The molecule has 38 heavy (non-hydrogen) atoms. The van der Waals surface area contributed by atoms with Crippen LogP contribution in [0.3, 0.4) is 0 Å². The molecule has 0 aliphatic carbocycles. The van der Waals surface area contributed by atoms with Crippen molar-refractivity contribution in [3.05, 3.63) is 77.9 Å². The van der Waals surface area contributed by atoms with Gasteiger partial charge in [-0.05, 0) is 42.7 Å². The van der Waals surface area contributed by atoms with Crippen LogP contribution in [0.5, 0.6) is 11.5 Å². The van der Waals surface area contributed by atoms with Crippen molar-refractivity contribution in [2.75, 3.05) is 33.9 Å². The number of likely N-dealkylation sites (tertiary alicyclic amines) is 1. The van der Waals surface area contributed by atoms with Gasteiger partial charge in [0.15, 0.2) is 11.5 Å². The van der Waals surface area contributed by atoms with E-state index in [1.54, 1.807) is 31.4 Å². The number of halogens is 2. The molecule has 1 fully saturated rings. The molecule has 202 valence electrons. The first-order valence-electron chi connectivity index (χ1n) is 12.1. The van der Waals surface area contributed by atoms with Crippen LogP contribution in [0.1, 0.15) is 24.0 Å². The van der Waals surface area contributed by atoms with E-state index in [1.807, 2.05) is 4.90 Å². The standard InChI is InChI=1S/C27H30F2N4O5/c1-36-24-7-3-19(13-25(24)37-2)4-8-26(34)38-21-9-11-32(12-10-21)15-27(35,16-33-18-30-17-31-33)22-6-5-20(28)14-23(22)29/h3-8,13-14,17-18,21,35H,9-12,15-16H2,1-2H3/b8-4+. The third kappa shape index (κ3) is 6.73. The first kappa shape index (κ1) is 27.2. The van der Waals surface area contributed by atoms with Crippen molar-refractivity contribution >= 4 is 12.0 Å². The van der Waals surface area contributed by atoms with E-state index < -0.39 is 23.2 Å². The Labute approximate surface area is 219 Å². The van der Waals surface area contributed by atoms with Crippen LogP contribution < -0.4 is 9.47 Å². The van der Waals surface area contributed by atoms with Gasteiger partial charge in [-0.3, -0.25) is 4.90 Å². The number of methoxy groups -OCH3 is 2. The van der Waals surface area contributed by atoms with E-state index >= 15 is 0 Å². The molecule has 3 aromatic rings. The Morgan fingerprint density at radius 3 is 2.53 bits per heavy atom.